The lowest BCUT2D eigenvalue weighted by molar-refractivity contribution is 0.277. The van der Waals surface area contributed by atoms with Crippen LogP contribution in [0.5, 0.6) is 0 Å². The van der Waals surface area contributed by atoms with Crippen molar-refractivity contribution in [2.75, 3.05) is 19.6 Å². The predicted octanol–water partition coefficient (Wildman–Crippen LogP) is 0.408. The molecule has 1 aliphatic heterocycles. The summed E-state index contributed by atoms with van der Waals surface area (Å²) >= 11 is 0. The maximum atomic E-state index is 12.1. The van der Waals surface area contributed by atoms with E-state index in [2.05, 4.69) is 5.32 Å². The topological polar surface area (TPSA) is 49.4 Å². The highest BCUT2D eigenvalue weighted by Gasteiger charge is 2.38. The third-order valence-corrected chi connectivity index (χ3v) is 5.23. The molecule has 1 N–H and O–H groups in total. The van der Waals surface area contributed by atoms with E-state index in [4.69, 9.17) is 0 Å². The van der Waals surface area contributed by atoms with Crippen LogP contribution in [0, 0.1) is 0 Å². The summed E-state index contributed by atoms with van der Waals surface area (Å²) in [6.45, 7) is 9.26. The third kappa shape index (κ3) is 2.10. The van der Waals surface area contributed by atoms with Gasteiger partial charge in [0.1, 0.15) is 0 Å². The van der Waals surface area contributed by atoms with E-state index in [1.54, 1.807) is 25.1 Å². The monoisotopic (exact) mass is 220 g/mol. The molecule has 1 heterocycles. The van der Waals surface area contributed by atoms with Crippen molar-refractivity contribution in [1.29, 1.82) is 0 Å². The van der Waals surface area contributed by atoms with Crippen LogP contribution in [0.15, 0.2) is 0 Å². The number of rotatable bonds is 1. The Morgan fingerprint density at radius 2 is 1.93 bits per heavy atom. The molecule has 1 atom stereocenters. The Morgan fingerprint density at radius 3 is 2.36 bits per heavy atom. The summed E-state index contributed by atoms with van der Waals surface area (Å²) in [5.41, 5.74) is 0. The van der Waals surface area contributed by atoms with Gasteiger partial charge in [-0.1, -0.05) is 0 Å². The fourth-order valence-corrected chi connectivity index (χ4v) is 3.11. The van der Waals surface area contributed by atoms with Gasteiger partial charge < -0.3 is 5.32 Å². The van der Waals surface area contributed by atoms with Crippen LogP contribution >= 0.6 is 0 Å². The normalized spacial score (nSPS) is 26.4. The first-order chi connectivity index (χ1) is 6.27. The lowest BCUT2D eigenvalue weighted by Gasteiger charge is -2.37. The summed E-state index contributed by atoms with van der Waals surface area (Å²) in [5, 5.41) is 3.18. The molecule has 84 valence electrons. The standard InChI is InChI=1S/C9H20N2O2S/c1-8-7-10-5-6-11(8)14(12,13)9(2,3)4/h8,10H,5-7H2,1-4H3/t8-/m0/s1. The fraction of sp³-hybridized carbons (Fsp3) is 1.00. The van der Waals surface area contributed by atoms with Gasteiger partial charge in [0.2, 0.25) is 10.0 Å². The van der Waals surface area contributed by atoms with Crippen molar-refractivity contribution < 1.29 is 8.42 Å². The summed E-state index contributed by atoms with van der Waals surface area (Å²) in [5.74, 6) is 0. The van der Waals surface area contributed by atoms with Gasteiger partial charge in [-0.25, -0.2) is 8.42 Å². The average molecular weight is 220 g/mol. The fourth-order valence-electron chi connectivity index (χ4n) is 1.53. The number of hydrogen-bond acceptors (Lipinski definition) is 3. The Hall–Kier alpha value is -0.130. The van der Waals surface area contributed by atoms with Crippen LogP contribution in [0.2, 0.25) is 0 Å². The molecular weight excluding hydrogens is 200 g/mol. The SMILES string of the molecule is C[C@H]1CNCCN1S(=O)(=O)C(C)(C)C. The van der Waals surface area contributed by atoms with Gasteiger partial charge in [0.05, 0.1) is 4.75 Å². The van der Waals surface area contributed by atoms with Crippen molar-refractivity contribution in [3.05, 3.63) is 0 Å². The predicted molar refractivity (Wildman–Crippen MR) is 57.7 cm³/mol. The molecule has 14 heavy (non-hydrogen) atoms. The first-order valence-electron chi connectivity index (χ1n) is 4.99. The minimum Gasteiger partial charge on any atom is -0.314 e. The molecule has 1 saturated heterocycles. The molecule has 0 aromatic rings. The second-order valence-corrected chi connectivity index (χ2v) is 7.43. The second kappa shape index (κ2) is 3.79. The van der Waals surface area contributed by atoms with Gasteiger partial charge in [-0.05, 0) is 27.7 Å². The number of nitrogens with zero attached hydrogens (tertiary/aromatic N) is 1. The molecule has 0 spiro atoms. The lowest BCUT2D eigenvalue weighted by atomic mass is 10.3. The zero-order valence-electron chi connectivity index (χ0n) is 9.37. The molecule has 0 unspecified atom stereocenters. The van der Waals surface area contributed by atoms with E-state index >= 15 is 0 Å². The molecule has 1 fully saturated rings. The number of nitrogens with one attached hydrogen (secondary N) is 1. The van der Waals surface area contributed by atoms with Crippen LogP contribution in [0.1, 0.15) is 27.7 Å². The number of hydrogen-bond donors (Lipinski definition) is 1. The Balaban J connectivity index is 2.92. The molecule has 1 rings (SSSR count). The Labute approximate surface area is 86.7 Å². The molecule has 5 heteroatoms. The molecular formula is C9H20N2O2S. The Morgan fingerprint density at radius 1 is 1.36 bits per heavy atom. The van der Waals surface area contributed by atoms with Crippen LogP contribution in [-0.4, -0.2) is 43.1 Å². The highest BCUT2D eigenvalue weighted by molar-refractivity contribution is 7.90. The number of piperazine rings is 1. The Bertz CT molecular complexity index is 292. The highest BCUT2D eigenvalue weighted by Crippen LogP contribution is 2.22. The van der Waals surface area contributed by atoms with Crippen molar-refractivity contribution in [3.63, 3.8) is 0 Å². The average Bonchev–Trinajstić information content (AvgIpc) is 2.02. The van der Waals surface area contributed by atoms with E-state index in [9.17, 15) is 8.42 Å². The minimum atomic E-state index is -3.16. The van der Waals surface area contributed by atoms with Crippen molar-refractivity contribution in [2.45, 2.75) is 38.5 Å². The van der Waals surface area contributed by atoms with E-state index in [0.717, 1.165) is 13.1 Å². The molecule has 1 aliphatic rings. The maximum absolute atomic E-state index is 12.1. The second-order valence-electron chi connectivity index (χ2n) is 4.78. The summed E-state index contributed by atoms with van der Waals surface area (Å²) < 4.78 is 25.2. The van der Waals surface area contributed by atoms with E-state index in [1.165, 1.54) is 0 Å². The van der Waals surface area contributed by atoms with E-state index < -0.39 is 14.8 Å². The van der Waals surface area contributed by atoms with Gasteiger partial charge in [0.15, 0.2) is 0 Å². The van der Waals surface area contributed by atoms with Gasteiger partial charge in [0.25, 0.3) is 0 Å². The summed E-state index contributed by atoms with van der Waals surface area (Å²) in [4.78, 5) is 0. The van der Waals surface area contributed by atoms with E-state index in [0.29, 0.717) is 6.54 Å². The van der Waals surface area contributed by atoms with Gasteiger partial charge in [0, 0.05) is 25.7 Å². The van der Waals surface area contributed by atoms with Crippen molar-refractivity contribution in [3.8, 4) is 0 Å². The largest absolute Gasteiger partial charge is 0.314 e. The molecule has 0 saturated carbocycles. The lowest BCUT2D eigenvalue weighted by Crippen LogP contribution is -2.56. The molecule has 0 aromatic heterocycles. The van der Waals surface area contributed by atoms with Crippen molar-refractivity contribution in [1.82, 2.24) is 9.62 Å². The number of sulfonamides is 1. The van der Waals surface area contributed by atoms with Gasteiger partial charge in [-0.15, -0.1) is 0 Å². The third-order valence-electron chi connectivity index (χ3n) is 2.52. The molecule has 4 nitrogen and oxygen atoms in total. The van der Waals surface area contributed by atoms with Crippen molar-refractivity contribution in [2.24, 2.45) is 0 Å². The van der Waals surface area contributed by atoms with Crippen LogP contribution in [0.4, 0.5) is 0 Å². The van der Waals surface area contributed by atoms with Crippen molar-refractivity contribution >= 4 is 10.0 Å². The molecule has 0 aromatic carbocycles. The zero-order chi connectivity index (χ0) is 11.0. The smallest absolute Gasteiger partial charge is 0.219 e. The Kier molecular flexibility index (Phi) is 3.23. The summed E-state index contributed by atoms with van der Waals surface area (Å²) in [6.07, 6.45) is 0. The van der Waals surface area contributed by atoms with Crippen LogP contribution in [-0.2, 0) is 10.0 Å². The minimum absolute atomic E-state index is 0.0629. The van der Waals surface area contributed by atoms with Gasteiger partial charge in [-0.2, -0.15) is 4.31 Å². The van der Waals surface area contributed by atoms with Gasteiger partial charge in [-0.3, -0.25) is 0 Å². The summed E-state index contributed by atoms with van der Waals surface area (Å²) in [7, 11) is -3.16. The van der Waals surface area contributed by atoms with E-state index in [-0.39, 0.29) is 6.04 Å². The first kappa shape index (κ1) is 11.9. The van der Waals surface area contributed by atoms with Crippen LogP contribution in [0.3, 0.4) is 0 Å². The first-order valence-corrected chi connectivity index (χ1v) is 6.43. The molecule has 0 aliphatic carbocycles. The zero-order valence-corrected chi connectivity index (χ0v) is 10.2. The van der Waals surface area contributed by atoms with Gasteiger partial charge >= 0.3 is 0 Å². The maximum Gasteiger partial charge on any atom is 0.219 e. The van der Waals surface area contributed by atoms with Crippen LogP contribution in [0.25, 0.3) is 0 Å². The quantitative estimate of drug-likeness (QED) is 0.696. The molecule has 0 amide bonds. The van der Waals surface area contributed by atoms with Crippen LogP contribution < -0.4 is 5.32 Å². The summed E-state index contributed by atoms with van der Waals surface area (Å²) in [6, 6.07) is 0.0629. The molecule has 0 bridgehead atoms. The molecule has 0 radical (unpaired) electrons. The van der Waals surface area contributed by atoms with E-state index in [1.807, 2.05) is 6.92 Å². The highest BCUT2D eigenvalue weighted by atomic mass is 32.2.